The smallest absolute Gasteiger partial charge is 0.319 e. The molecule has 0 radical (unpaired) electrons. The van der Waals surface area contributed by atoms with Gasteiger partial charge in [0.15, 0.2) is 0 Å². The van der Waals surface area contributed by atoms with Gasteiger partial charge in [0.25, 0.3) is 0 Å². The van der Waals surface area contributed by atoms with Crippen molar-refractivity contribution in [3.05, 3.63) is 0 Å². The second-order valence-electron chi connectivity index (χ2n) is 3.50. The van der Waals surface area contributed by atoms with Crippen LogP contribution in [0.15, 0.2) is 0 Å². The third-order valence-corrected chi connectivity index (χ3v) is 2.95. The fourth-order valence-electron chi connectivity index (χ4n) is 1.63. The number of halogens is 1. The summed E-state index contributed by atoms with van der Waals surface area (Å²) >= 11 is 5.59. The Balaban J connectivity index is 4.79. The second kappa shape index (κ2) is 6.83. The second-order valence-corrected chi connectivity index (χ2v) is 3.88. The van der Waals surface area contributed by atoms with Gasteiger partial charge in [-0.3, -0.25) is 9.59 Å². The maximum Gasteiger partial charge on any atom is 0.319 e. The monoisotopic (exact) mass is 234 g/mol. The normalized spacial score (nSPS) is 14.4. The zero-order valence-corrected chi connectivity index (χ0v) is 10.4. The number of alkyl halides is 1. The number of hydrogen-bond acceptors (Lipinski definition) is 3. The summed E-state index contributed by atoms with van der Waals surface area (Å²) < 4.78 is 4.95. The van der Waals surface area contributed by atoms with E-state index in [-0.39, 0.29) is 5.78 Å². The number of carbonyl (C=O) groups is 2. The third-order valence-electron chi connectivity index (χ3n) is 2.68. The van der Waals surface area contributed by atoms with Gasteiger partial charge in [-0.15, -0.1) is 11.6 Å². The Bertz CT molecular complexity index is 228. The van der Waals surface area contributed by atoms with Gasteiger partial charge in [0.05, 0.1) is 6.61 Å². The van der Waals surface area contributed by atoms with Crippen LogP contribution in [0.25, 0.3) is 0 Å². The minimum atomic E-state index is -0.981. The van der Waals surface area contributed by atoms with Crippen LogP contribution in [0.1, 0.15) is 40.0 Å². The third kappa shape index (κ3) is 3.49. The molecule has 0 fully saturated rings. The number of hydrogen-bond donors (Lipinski definition) is 0. The molecule has 0 aromatic carbocycles. The Labute approximate surface area is 96.1 Å². The van der Waals surface area contributed by atoms with Gasteiger partial charge in [0.1, 0.15) is 11.2 Å². The first-order valence-electron chi connectivity index (χ1n) is 5.29. The van der Waals surface area contributed by atoms with Crippen LogP contribution in [0.3, 0.4) is 0 Å². The van der Waals surface area contributed by atoms with E-state index in [2.05, 4.69) is 0 Å². The molecule has 0 rings (SSSR count). The van der Waals surface area contributed by atoms with Gasteiger partial charge in [-0.2, -0.15) is 0 Å². The number of rotatable bonds is 7. The van der Waals surface area contributed by atoms with E-state index in [0.29, 0.717) is 31.7 Å². The van der Waals surface area contributed by atoms with Gasteiger partial charge >= 0.3 is 5.97 Å². The number of Topliss-reactive ketones (excluding diaryl/α,β-unsaturated/α-hetero) is 1. The quantitative estimate of drug-likeness (QED) is 0.386. The highest BCUT2D eigenvalue weighted by atomic mass is 35.5. The predicted molar refractivity (Wildman–Crippen MR) is 60.0 cm³/mol. The Kier molecular flexibility index (Phi) is 6.57. The van der Waals surface area contributed by atoms with E-state index >= 15 is 0 Å². The Morgan fingerprint density at radius 2 is 1.93 bits per heavy atom. The predicted octanol–water partition coefficient (Wildman–Crippen LogP) is 2.55. The van der Waals surface area contributed by atoms with E-state index in [0.717, 1.165) is 0 Å². The zero-order chi connectivity index (χ0) is 11.9. The lowest BCUT2D eigenvalue weighted by molar-refractivity contribution is -0.160. The minimum absolute atomic E-state index is 0.131. The van der Waals surface area contributed by atoms with Crippen LogP contribution in [0, 0.1) is 5.41 Å². The average Bonchev–Trinajstić information content (AvgIpc) is 2.19. The molecule has 0 saturated carbocycles. The molecule has 0 aromatic rings. The van der Waals surface area contributed by atoms with Crippen molar-refractivity contribution in [1.82, 2.24) is 0 Å². The van der Waals surface area contributed by atoms with Gasteiger partial charge in [-0.1, -0.05) is 6.92 Å². The van der Waals surface area contributed by atoms with E-state index in [4.69, 9.17) is 16.3 Å². The number of esters is 1. The molecule has 0 aliphatic rings. The van der Waals surface area contributed by atoms with Crippen molar-refractivity contribution < 1.29 is 14.3 Å². The van der Waals surface area contributed by atoms with E-state index < -0.39 is 11.4 Å². The summed E-state index contributed by atoms with van der Waals surface area (Å²) in [6, 6.07) is 0. The molecular formula is C11H19ClO3. The van der Waals surface area contributed by atoms with Crippen LogP contribution < -0.4 is 0 Å². The van der Waals surface area contributed by atoms with Crippen LogP contribution in [-0.4, -0.2) is 24.2 Å². The molecule has 88 valence electrons. The summed E-state index contributed by atoms with van der Waals surface area (Å²) in [7, 11) is 0. The van der Waals surface area contributed by atoms with Crippen LogP contribution >= 0.6 is 11.6 Å². The van der Waals surface area contributed by atoms with Crippen molar-refractivity contribution in [3.8, 4) is 0 Å². The topological polar surface area (TPSA) is 43.4 Å². The lowest BCUT2D eigenvalue weighted by Crippen LogP contribution is -2.39. The molecule has 0 spiro atoms. The Hall–Kier alpha value is -0.570. The van der Waals surface area contributed by atoms with Gasteiger partial charge < -0.3 is 4.74 Å². The van der Waals surface area contributed by atoms with E-state index in [1.807, 2.05) is 6.92 Å². The number of carbonyl (C=O) groups excluding carboxylic acids is 2. The van der Waals surface area contributed by atoms with Gasteiger partial charge in [0, 0.05) is 5.88 Å². The first kappa shape index (κ1) is 14.4. The molecule has 0 saturated heterocycles. The highest BCUT2D eigenvalue weighted by molar-refractivity contribution is 6.17. The summed E-state index contributed by atoms with van der Waals surface area (Å²) in [6.07, 6.45) is 1.59. The van der Waals surface area contributed by atoms with Crippen LogP contribution in [0.2, 0.25) is 0 Å². The summed E-state index contributed by atoms with van der Waals surface area (Å²) in [5.41, 5.74) is -0.981. The summed E-state index contributed by atoms with van der Waals surface area (Å²) in [4.78, 5) is 23.3. The van der Waals surface area contributed by atoms with Crippen molar-refractivity contribution in [2.45, 2.75) is 40.0 Å². The van der Waals surface area contributed by atoms with Crippen molar-refractivity contribution in [2.24, 2.45) is 5.41 Å². The Morgan fingerprint density at radius 1 is 1.33 bits per heavy atom. The maximum atomic E-state index is 11.8. The number of ketones is 1. The maximum absolute atomic E-state index is 11.8. The fraction of sp³-hybridized carbons (Fsp3) is 0.818. The summed E-state index contributed by atoms with van der Waals surface area (Å²) in [5.74, 6) is -0.0901. The Morgan fingerprint density at radius 3 is 2.27 bits per heavy atom. The standard InChI is InChI=1S/C11H19ClO3/c1-4-11(9(3)13,7-6-8-12)10(14)15-5-2/h4-8H2,1-3H3. The van der Waals surface area contributed by atoms with Crippen molar-refractivity contribution in [1.29, 1.82) is 0 Å². The molecule has 0 bridgehead atoms. The van der Waals surface area contributed by atoms with Gasteiger partial charge in [-0.25, -0.2) is 0 Å². The number of ether oxygens (including phenoxy) is 1. The molecule has 4 heteroatoms. The molecule has 0 aliphatic heterocycles. The lowest BCUT2D eigenvalue weighted by atomic mass is 9.77. The first-order valence-corrected chi connectivity index (χ1v) is 5.82. The fourth-order valence-corrected chi connectivity index (χ4v) is 1.76. The molecule has 0 N–H and O–H groups in total. The molecule has 15 heavy (non-hydrogen) atoms. The van der Waals surface area contributed by atoms with Crippen LogP contribution in [0.4, 0.5) is 0 Å². The zero-order valence-electron chi connectivity index (χ0n) is 9.64. The minimum Gasteiger partial charge on any atom is -0.465 e. The van der Waals surface area contributed by atoms with Crippen LogP contribution in [-0.2, 0) is 14.3 Å². The van der Waals surface area contributed by atoms with Gasteiger partial charge in [-0.05, 0) is 33.1 Å². The van der Waals surface area contributed by atoms with E-state index in [1.165, 1.54) is 6.92 Å². The van der Waals surface area contributed by atoms with E-state index in [1.54, 1.807) is 6.92 Å². The average molecular weight is 235 g/mol. The molecule has 1 atom stereocenters. The molecular weight excluding hydrogens is 216 g/mol. The van der Waals surface area contributed by atoms with E-state index in [9.17, 15) is 9.59 Å². The molecule has 0 aliphatic carbocycles. The van der Waals surface area contributed by atoms with Gasteiger partial charge in [0.2, 0.25) is 0 Å². The van der Waals surface area contributed by atoms with Crippen LogP contribution in [0.5, 0.6) is 0 Å². The largest absolute Gasteiger partial charge is 0.465 e. The molecule has 1 unspecified atom stereocenters. The molecule has 0 heterocycles. The van der Waals surface area contributed by atoms with Crippen molar-refractivity contribution in [2.75, 3.05) is 12.5 Å². The SMILES string of the molecule is CCOC(=O)C(CC)(CCCCl)C(C)=O. The lowest BCUT2D eigenvalue weighted by Gasteiger charge is -2.27. The summed E-state index contributed by atoms with van der Waals surface area (Å²) in [5, 5.41) is 0. The van der Waals surface area contributed by atoms with Crippen molar-refractivity contribution in [3.63, 3.8) is 0 Å². The molecule has 0 amide bonds. The summed E-state index contributed by atoms with van der Waals surface area (Å²) in [6.45, 7) is 5.30. The highest BCUT2D eigenvalue weighted by Gasteiger charge is 2.42. The first-order chi connectivity index (χ1) is 7.05. The highest BCUT2D eigenvalue weighted by Crippen LogP contribution is 2.31. The van der Waals surface area contributed by atoms with Crippen molar-refractivity contribution >= 4 is 23.4 Å². The molecule has 0 aromatic heterocycles. The molecule has 3 nitrogen and oxygen atoms in total.